The summed E-state index contributed by atoms with van der Waals surface area (Å²) in [5.41, 5.74) is 0. The molecule has 0 spiro atoms. The van der Waals surface area contributed by atoms with Crippen LogP contribution in [0.25, 0.3) is 0 Å². The Morgan fingerprint density at radius 2 is 1.36 bits per heavy atom. The maximum atomic E-state index is 8.88. The monoisotopic (exact) mass is 187 g/mol. The van der Waals surface area contributed by atoms with E-state index in [-0.39, 0.29) is 17.8 Å². The summed E-state index contributed by atoms with van der Waals surface area (Å²) in [7, 11) is 0. The molecule has 0 heterocycles. The van der Waals surface area contributed by atoms with Crippen LogP contribution in [0, 0.1) is 51.7 Å². The number of nitriles is 3. The summed E-state index contributed by atoms with van der Waals surface area (Å²) in [5.74, 6) is -0.207. The lowest BCUT2D eigenvalue weighted by Gasteiger charge is -2.20. The molecular weight excluding hydrogens is 174 g/mol. The summed E-state index contributed by atoms with van der Waals surface area (Å²) in [6.07, 6.45) is 4.02. The van der Waals surface area contributed by atoms with Crippen LogP contribution in [0.3, 0.4) is 0 Å². The maximum Gasteiger partial charge on any atom is 0.0669 e. The smallest absolute Gasteiger partial charge is 0.0669 e. The third-order valence-electron chi connectivity index (χ3n) is 2.89. The van der Waals surface area contributed by atoms with Crippen molar-refractivity contribution >= 4 is 0 Å². The van der Waals surface area contributed by atoms with Crippen LogP contribution in [-0.4, -0.2) is 0 Å². The van der Waals surface area contributed by atoms with Gasteiger partial charge in [0.15, 0.2) is 0 Å². The van der Waals surface area contributed by atoms with Crippen LogP contribution in [0.2, 0.25) is 0 Å². The second-order valence-corrected chi connectivity index (χ2v) is 3.81. The Morgan fingerprint density at radius 1 is 0.714 bits per heavy atom. The molecule has 3 unspecified atom stereocenters. The lowest BCUT2D eigenvalue weighted by molar-refractivity contribution is 0.343. The zero-order valence-electron chi connectivity index (χ0n) is 8.11. The van der Waals surface area contributed by atoms with Crippen molar-refractivity contribution in [3.05, 3.63) is 0 Å². The predicted octanol–water partition coefficient (Wildman–Crippen LogP) is 2.37. The van der Waals surface area contributed by atoms with Crippen molar-refractivity contribution in [2.45, 2.75) is 32.1 Å². The SMILES string of the molecule is N#CC1CCCC(C#N)C(C#N)CC1. The topological polar surface area (TPSA) is 71.4 Å². The Balaban J connectivity index is 2.62. The highest BCUT2D eigenvalue weighted by Gasteiger charge is 2.25. The fourth-order valence-electron chi connectivity index (χ4n) is 1.95. The lowest BCUT2D eigenvalue weighted by Crippen LogP contribution is -2.16. The zero-order chi connectivity index (χ0) is 10.4. The van der Waals surface area contributed by atoms with Crippen molar-refractivity contribution in [1.82, 2.24) is 0 Å². The van der Waals surface area contributed by atoms with Gasteiger partial charge in [-0.05, 0) is 25.7 Å². The van der Waals surface area contributed by atoms with Crippen LogP contribution in [0.15, 0.2) is 0 Å². The van der Waals surface area contributed by atoms with Gasteiger partial charge in [0.1, 0.15) is 0 Å². The van der Waals surface area contributed by atoms with E-state index in [9.17, 15) is 0 Å². The number of nitrogens with zero attached hydrogens (tertiary/aromatic N) is 3. The molecule has 3 nitrogen and oxygen atoms in total. The van der Waals surface area contributed by atoms with Crippen molar-refractivity contribution in [3.8, 4) is 18.2 Å². The molecule has 1 aliphatic rings. The van der Waals surface area contributed by atoms with E-state index in [1.54, 1.807) is 0 Å². The molecule has 14 heavy (non-hydrogen) atoms. The molecular formula is C11H13N3. The quantitative estimate of drug-likeness (QED) is 0.584. The molecule has 0 aromatic rings. The van der Waals surface area contributed by atoms with Gasteiger partial charge < -0.3 is 0 Å². The van der Waals surface area contributed by atoms with Gasteiger partial charge in [-0.2, -0.15) is 15.8 Å². The van der Waals surface area contributed by atoms with E-state index in [1.807, 2.05) is 0 Å². The first-order valence-electron chi connectivity index (χ1n) is 5.00. The minimum absolute atomic E-state index is 0.0884. The van der Waals surface area contributed by atoms with Gasteiger partial charge in [-0.15, -0.1) is 0 Å². The molecule has 3 atom stereocenters. The molecule has 3 heteroatoms. The Hall–Kier alpha value is -1.53. The van der Waals surface area contributed by atoms with Crippen molar-refractivity contribution in [2.75, 3.05) is 0 Å². The zero-order valence-corrected chi connectivity index (χ0v) is 8.11. The van der Waals surface area contributed by atoms with E-state index in [0.29, 0.717) is 6.42 Å². The van der Waals surface area contributed by atoms with Crippen LogP contribution in [0.5, 0.6) is 0 Å². The molecule has 72 valence electrons. The summed E-state index contributed by atoms with van der Waals surface area (Å²) >= 11 is 0. The normalized spacial score (nSPS) is 32.8. The third kappa shape index (κ3) is 2.48. The minimum atomic E-state index is -0.170. The predicted molar refractivity (Wildman–Crippen MR) is 50.4 cm³/mol. The molecule has 1 fully saturated rings. The highest BCUT2D eigenvalue weighted by molar-refractivity contribution is 5.00. The fraction of sp³-hybridized carbons (Fsp3) is 0.727. The van der Waals surface area contributed by atoms with E-state index in [4.69, 9.17) is 15.8 Å². The number of rotatable bonds is 0. The van der Waals surface area contributed by atoms with Gasteiger partial charge >= 0.3 is 0 Å². The molecule has 0 radical (unpaired) electrons. The van der Waals surface area contributed by atoms with E-state index in [1.165, 1.54) is 0 Å². The molecule has 0 amide bonds. The lowest BCUT2D eigenvalue weighted by atomic mass is 9.80. The Kier molecular flexibility index (Phi) is 3.96. The van der Waals surface area contributed by atoms with Crippen molar-refractivity contribution in [2.24, 2.45) is 17.8 Å². The van der Waals surface area contributed by atoms with E-state index in [0.717, 1.165) is 25.7 Å². The largest absolute Gasteiger partial charge is 0.198 e. The fourth-order valence-corrected chi connectivity index (χ4v) is 1.95. The molecule has 0 aliphatic heterocycles. The molecule has 1 aliphatic carbocycles. The van der Waals surface area contributed by atoms with E-state index >= 15 is 0 Å². The average Bonchev–Trinajstić information content (AvgIpc) is 2.19. The van der Waals surface area contributed by atoms with Crippen molar-refractivity contribution in [1.29, 1.82) is 15.8 Å². The second-order valence-electron chi connectivity index (χ2n) is 3.81. The Labute approximate surface area is 84.6 Å². The molecule has 0 aromatic heterocycles. The summed E-state index contributed by atoms with van der Waals surface area (Å²) in [6, 6.07) is 6.64. The summed E-state index contributed by atoms with van der Waals surface area (Å²) in [4.78, 5) is 0. The highest BCUT2D eigenvalue weighted by atomic mass is 14.4. The van der Waals surface area contributed by atoms with Crippen LogP contribution >= 0.6 is 0 Å². The first-order valence-corrected chi connectivity index (χ1v) is 5.00. The van der Waals surface area contributed by atoms with Gasteiger partial charge in [0.2, 0.25) is 0 Å². The van der Waals surface area contributed by atoms with Crippen LogP contribution < -0.4 is 0 Å². The Bertz CT molecular complexity index is 302. The standard InChI is InChI=1S/C11H13N3/c12-6-9-2-1-3-10(7-13)11(8-14)5-4-9/h9-11H,1-5H2. The molecule has 1 saturated carbocycles. The van der Waals surface area contributed by atoms with Crippen LogP contribution in [0.4, 0.5) is 0 Å². The molecule has 1 rings (SSSR count). The van der Waals surface area contributed by atoms with E-state index in [2.05, 4.69) is 18.2 Å². The third-order valence-corrected chi connectivity index (χ3v) is 2.89. The van der Waals surface area contributed by atoms with Gasteiger partial charge in [0, 0.05) is 5.92 Å². The summed E-state index contributed by atoms with van der Waals surface area (Å²) < 4.78 is 0. The van der Waals surface area contributed by atoms with Crippen molar-refractivity contribution < 1.29 is 0 Å². The highest BCUT2D eigenvalue weighted by Crippen LogP contribution is 2.29. The number of hydrogen-bond donors (Lipinski definition) is 0. The number of hydrogen-bond acceptors (Lipinski definition) is 3. The van der Waals surface area contributed by atoms with E-state index < -0.39 is 0 Å². The maximum absolute atomic E-state index is 8.88. The molecule has 0 aromatic carbocycles. The van der Waals surface area contributed by atoms with Gasteiger partial charge in [-0.25, -0.2) is 0 Å². The average molecular weight is 187 g/mol. The molecule has 0 N–H and O–H groups in total. The Morgan fingerprint density at radius 3 is 1.93 bits per heavy atom. The summed E-state index contributed by atoms with van der Waals surface area (Å²) in [5, 5.41) is 26.5. The van der Waals surface area contributed by atoms with Gasteiger partial charge in [0.25, 0.3) is 0 Å². The molecule has 0 bridgehead atoms. The first kappa shape index (κ1) is 10.6. The summed E-state index contributed by atoms with van der Waals surface area (Å²) in [6.45, 7) is 0. The van der Waals surface area contributed by atoms with Gasteiger partial charge in [0.05, 0.1) is 30.0 Å². The first-order chi connectivity index (χ1) is 6.81. The molecule has 0 saturated heterocycles. The van der Waals surface area contributed by atoms with Crippen molar-refractivity contribution in [3.63, 3.8) is 0 Å². The second kappa shape index (κ2) is 5.25. The van der Waals surface area contributed by atoms with Crippen LogP contribution in [-0.2, 0) is 0 Å². The van der Waals surface area contributed by atoms with Gasteiger partial charge in [-0.3, -0.25) is 0 Å². The van der Waals surface area contributed by atoms with Crippen LogP contribution in [0.1, 0.15) is 32.1 Å². The minimum Gasteiger partial charge on any atom is -0.198 e. The van der Waals surface area contributed by atoms with Gasteiger partial charge in [-0.1, -0.05) is 6.42 Å².